The predicted octanol–water partition coefficient (Wildman–Crippen LogP) is 3.50. The number of sulfonamides is 1. The minimum absolute atomic E-state index is 0.0957. The molecule has 8 nitrogen and oxygen atoms in total. The van der Waals surface area contributed by atoms with Gasteiger partial charge in [-0.05, 0) is 63.4 Å². The summed E-state index contributed by atoms with van der Waals surface area (Å²) >= 11 is 5.96. The summed E-state index contributed by atoms with van der Waals surface area (Å²) < 4.78 is 28.0. The summed E-state index contributed by atoms with van der Waals surface area (Å²) in [5.41, 5.74) is 9.01. The van der Waals surface area contributed by atoms with Crippen LogP contribution in [0.2, 0.25) is 5.15 Å². The number of hydrogen-bond acceptors (Lipinski definition) is 7. The second kappa shape index (κ2) is 9.11. The molecule has 0 radical (unpaired) electrons. The molecule has 0 saturated heterocycles. The van der Waals surface area contributed by atoms with Crippen LogP contribution in [-0.4, -0.2) is 40.6 Å². The van der Waals surface area contributed by atoms with E-state index in [9.17, 15) is 13.5 Å². The van der Waals surface area contributed by atoms with Crippen LogP contribution < -0.4 is 10.5 Å². The lowest BCUT2D eigenvalue weighted by Crippen LogP contribution is -2.30. The molecule has 3 rings (SSSR count). The van der Waals surface area contributed by atoms with Crippen molar-refractivity contribution in [3.63, 3.8) is 0 Å². The molecule has 170 valence electrons. The summed E-state index contributed by atoms with van der Waals surface area (Å²) in [5.74, 6) is 0.232. The van der Waals surface area contributed by atoms with Crippen molar-refractivity contribution in [2.45, 2.75) is 44.6 Å². The molecule has 0 aliphatic rings. The van der Waals surface area contributed by atoms with Crippen LogP contribution in [0.25, 0.3) is 22.5 Å². The van der Waals surface area contributed by atoms with Gasteiger partial charge in [0.25, 0.3) is 0 Å². The zero-order valence-electron chi connectivity index (χ0n) is 18.3. The van der Waals surface area contributed by atoms with Gasteiger partial charge in [-0.2, -0.15) is 0 Å². The van der Waals surface area contributed by atoms with Crippen LogP contribution in [0.3, 0.4) is 0 Å². The fourth-order valence-corrected chi connectivity index (χ4v) is 4.38. The standard InChI is InChI=1S/C22H26ClN5O3S/c1-13-5-6-15(32(30,31)27-8-7-22(3,4)29)10-16(13)18-12-26-21(24)20(28-18)17-11-25-19(23)9-14(17)2/h5-6,9-12,27,29H,7-8H2,1-4H3,(H2,24,26). The van der Waals surface area contributed by atoms with Crippen molar-refractivity contribution >= 4 is 27.4 Å². The van der Waals surface area contributed by atoms with Gasteiger partial charge in [0.15, 0.2) is 0 Å². The Morgan fingerprint density at radius 3 is 2.47 bits per heavy atom. The number of aliphatic hydroxyl groups is 1. The SMILES string of the molecule is Cc1ccc(S(=O)(=O)NCCC(C)(C)O)cc1-c1cnc(N)c(-c2cnc(Cl)cc2C)n1. The fraction of sp³-hybridized carbons (Fsp3) is 0.318. The first-order valence-corrected chi connectivity index (χ1v) is 11.8. The zero-order chi connectivity index (χ0) is 23.7. The molecule has 0 amide bonds. The van der Waals surface area contributed by atoms with Crippen molar-refractivity contribution in [2.75, 3.05) is 12.3 Å². The molecular formula is C22H26ClN5O3S. The second-order valence-corrected chi connectivity index (χ2v) is 10.4. The van der Waals surface area contributed by atoms with Gasteiger partial charge in [0, 0.05) is 23.9 Å². The summed E-state index contributed by atoms with van der Waals surface area (Å²) in [5, 5.41) is 10.2. The normalized spacial score (nSPS) is 12.2. The number of aryl methyl sites for hydroxylation is 2. The lowest BCUT2D eigenvalue weighted by atomic mass is 10.0. The van der Waals surface area contributed by atoms with Crippen molar-refractivity contribution in [3.8, 4) is 22.5 Å². The number of pyridine rings is 1. The van der Waals surface area contributed by atoms with Gasteiger partial charge in [-0.1, -0.05) is 17.7 Å². The van der Waals surface area contributed by atoms with Gasteiger partial charge >= 0.3 is 0 Å². The molecule has 0 aliphatic heterocycles. The molecule has 3 aromatic rings. The van der Waals surface area contributed by atoms with Crippen LogP contribution in [0.5, 0.6) is 0 Å². The maximum atomic E-state index is 12.8. The summed E-state index contributed by atoms with van der Waals surface area (Å²) in [6, 6.07) is 6.51. The Morgan fingerprint density at radius 2 is 1.81 bits per heavy atom. The highest BCUT2D eigenvalue weighted by atomic mass is 35.5. The highest BCUT2D eigenvalue weighted by molar-refractivity contribution is 7.89. The van der Waals surface area contributed by atoms with E-state index in [2.05, 4.69) is 19.7 Å². The number of nitrogens with one attached hydrogen (secondary N) is 1. The van der Waals surface area contributed by atoms with E-state index in [-0.39, 0.29) is 23.7 Å². The quantitative estimate of drug-likeness (QED) is 0.445. The minimum Gasteiger partial charge on any atom is -0.390 e. The Balaban J connectivity index is 2.00. The van der Waals surface area contributed by atoms with Gasteiger partial charge in [-0.3, -0.25) is 0 Å². The van der Waals surface area contributed by atoms with Crippen LogP contribution in [0.4, 0.5) is 5.82 Å². The van der Waals surface area contributed by atoms with Crippen LogP contribution in [0.15, 0.2) is 41.6 Å². The summed E-state index contributed by atoms with van der Waals surface area (Å²) in [6.45, 7) is 7.10. The molecule has 0 atom stereocenters. The third kappa shape index (κ3) is 5.60. The highest BCUT2D eigenvalue weighted by Gasteiger charge is 2.20. The number of aromatic nitrogens is 3. The number of nitrogens with two attached hydrogens (primary N) is 1. The third-order valence-corrected chi connectivity index (χ3v) is 6.62. The molecule has 2 heterocycles. The highest BCUT2D eigenvalue weighted by Crippen LogP contribution is 2.31. The van der Waals surface area contributed by atoms with Gasteiger partial charge in [0.05, 0.1) is 22.4 Å². The van der Waals surface area contributed by atoms with E-state index < -0.39 is 15.6 Å². The summed E-state index contributed by atoms with van der Waals surface area (Å²) in [7, 11) is -3.77. The van der Waals surface area contributed by atoms with Crippen molar-refractivity contribution in [3.05, 3.63) is 52.9 Å². The number of halogens is 1. The molecule has 0 unspecified atom stereocenters. The molecule has 0 aliphatic carbocycles. The summed E-state index contributed by atoms with van der Waals surface area (Å²) in [4.78, 5) is 13.1. The number of nitrogens with zero attached hydrogens (tertiary/aromatic N) is 3. The monoisotopic (exact) mass is 475 g/mol. The minimum atomic E-state index is -3.77. The predicted molar refractivity (Wildman–Crippen MR) is 126 cm³/mol. The van der Waals surface area contributed by atoms with Gasteiger partial charge < -0.3 is 10.8 Å². The molecule has 2 aromatic heterocycles. The molecule has 0 spiro atoms. The van der Waals surface area contributed by atoms with E-state index >= 15 is 0 Å². The largest absolute Gasteiger partial charge is 0.390 e. The Hall–Kier alpha value is -2.59. The van der Waals surface area contributed by atoms with Gasteiger partial charge in [0.1, 0.15) is 16.7 Å². The van der Waals surface area contributed by atoms with Gasteiger partial charge in [-0.25, -0.2) is 28.1 Å². The first-order valence-electron chi connectivity index (χ1n) is 9.95. The van der Waals surface area contributed by atoms with Crippen LogP contribution >= 0.6 is 11.6 Å². The van der Waals surface area contributed by atoms with E-state index in [0.29, 0.717) is 27.7 Å². The number of hydrogen-bond donors (Lipinski definition) is 3. The van der Waals surface area contributed by atoms with E-state index in [1.165, 1.54) is 12.3 Å². The Morgan fingerprint density at radius 1 is 1.09 bits per heavy atom. The van der Waals surface area contributed by atoms with Gasteiger partial charge in [-0.15, -0.1) is 0 Å². The maximum absolute atomic E-state index is 12.8. The first kappa shape index (κ1) is 24.1. The van der Waals surface area contributed by atoms with E-state index in [1.54, 1.807) is 38.2 Å². The van der Waals surface area contributed by atoms with Crippen molar-refractivity contribution in [1.82, 2.24) is 19.7 Å². The van der Waals surface area contributed by atoms with E-state index in [1.807, 2.05) is 13.8 Å². The average molecular weight is 476 g/mol. The van der Waals surface area contributed by atoms with Crippen LogP contribution in [-0.2, 0) is 10.0 Å². The smallest absolute Gasteiger partial charge is 0.240 e. The summed E-state index contributed by atoms with van der Waals surface area (Å²) in [6.07, 6.45) is 3.38. The van der Waals surface area contributed by atoms with Crippen molar-refractivity contribution in [1.29, 1.82) is 0 Å². The topological polar surface area (TPSA) is 131 Å². The zero-order valence-corrected chi connectivity index (χ0v) is 19.9. The maximum Gasteiger partial charge on any atom is 0.240 e. The fourth-order valence-electron chi connectivity index (χ4n) is 3.11. The molecule has 10 heteroatoms. The molecule has 0 bridgehead atoms. The number of rotatable bonds is 7. The lowest BCUT2D eigenvalue weighted by molar-refractivity contribution is 0.0728. The second-order valence-electron chi connectivity index (χ2n) is 8.25. The van der Waals surface area contributed by atoms with Crippen molar-refractivity contribution < 1.29 is 13.5 Å². The Bertz CT molecular complexity index is 1260. The van der Waals surface area contributed by atoms with Gasteiger partial charge in [0.2, 0.25) is 10.0 Å². The molecule has 0 fully saturated rings. The molecule has 4 N–H and O–H groups in total. The molecule has 1 aromatic carbocycles. The Labute approximate surface area is 193 Å². The Kier molecular flexibility index (Phi) is 6.85. The number of nitrogen functional groups attached to an aromatic ring is 1. The van der Waals surface area contributed by atoms with E-state index in [0.717, 1.165) is 11.1 Å². The lowest BCUT2D eigenvalue weighted by Gasteiger charge is -2.17. The molecule has 32 heavy (non-hydrogen) atoms. The molecule has 0 saturated carbocycles. The molecular weight excluding hydrogens is 450 g/mol. The number of benzene rings is 1. The van der Waals surface area contributed by atoms with Crippen LogP contribution in [0, 0.1) is 13.8 Å². The number of anilines is 1. The van der Waals surface area contributed by atoms with E-state index in [4.69, 9.17) is 17.3 Å². The first-order chi connectivity index (χ1) is 14.9. The van der Waals surface area contributed by atoms with Crippen LogP contribution in [0.1, 0.15) is 31.4 Å². The third-order valence-electron chi connectivity index (χ3n) is 4.96. The van der Waals surface area contributed by atoms with Crippen molar-refractivity contribution in [2.24, 2.45) is 0 Å². The average Bonchev–Trinajstić information content (AvgIpc) is 2.68.